The average Bonchev–Trinajstić information content (AvgIpc) is 2.63. The highest BCUT2D eigenvalue weighted by atomic mass is 19.1. The maximum Gasteiger partial charge on any atom is 0.343 e. The number of hydrogen-bond donors (Lipinski definition) is 0. The zero-order valence-electron chi connectivity index (χ0n) is 12.6. The van der Waals surface area contributed by atoms with Crippen LogP contribution in [0.25, 0.3) is 0 Å². The first kappa shape index (κ1) is 15.6. The van der Waals surface area contributed by atoms with Crippen molar-refractivity contribution in [3.63, 3.8) is 0 Å². The topological polar surface area (TPSA) is 43.4 Å². The number of carbonyl (C=O) groups excluding carboxylic acids is 2. The first-order valence-electron chi connectivity index (χ1n) is 7.31. The highest BCUT2D eigenvalue weighted by Crippen LogP contribution is 2.17. The maximum absolute atomic E-state index is 12.9. The Hall–Kier alpha value is -3.27. The van der Waals surface area contributed by atoms with Crippen molar-refractivity contribution in [3.05, 3.63) is 101 Å². The number of ketones is 1. The van der Waals surface area contributed by atoms with Gasteiger partial charge in [0.15, 0.2) is 5.78 Å². The first-order valence-corrected chi connectivity index (χ1v) is 7.31. The second-order valence-corrected chi connectivity index (χ2v) is 5.12. The summed E-state index contributed by atoms with van der Waals surface area (Å²) in [5.74, 6) is -0.798. The predicted octanol–water partition coefficient (Wildman–Crippen LogP) is 4.28. The Kier molecular flexibility index (Phi) is 4.47. The highest BCUT2D eigenvalue weighted by molar-refractivity contribution is 6.09. The minimum Gasteiger partial charge on any atom is -0.423 e. The minimum atomic E-state index is -0.586. The molecule has 3 aromatic carbocycles. The molecule has 0 atom stereocenters. The summed E-state index contributed by atoms with van der Waals surface area (Å²) in [7, 11) is 0. The molecule has 4 heteroatoms. The molecule has 0 N–H and O–H groups in total. The number of halogens is 1. The highest BCUT2D eigenvalue weighted by Gasteiger charge is 2.11. The van der Waals surface area contributed by atoms with Crippen LogP contribution in [0.4, 0.5) is 4.39 Å². The number of esters is 1. The number of ether oxygens (including phenoxy) is 1. The van der Waals surface area contributed by atoms with Crippen molar-refractivity contribution in [3.8, 4) is 5.75 Å². The minimum absolute atomic E-state index is 0.105. The predicted molar refractivity (Wildman–Crippen MR) is 87.7 cm³/mol. The molecular weight excluding hydrogens is 307 g/mol. The quantitative estimate of drug-likeness (QED) is 0.409. The molecule has 0 spiro atoms. The van der Waals surface area contributed by atoms with Crippen molar-refractivity contribution in [2.75, 3.05) is 0 Å². The monoisotopic (exact) mass is 320 g/mol. The molecule has 3 nitrogen and oxygen atoms in total. The van der Waals surface area contributed by atoms with Crippen LogP contribution in [-0.4, -0.2) is 11.8 Å². The number of carbonyl (C=O) groups is 2. The Morgan fingerprint density at radius 2 is 1.21 bits per heavy atom. The van der Waals surface area contributed by atoms with Gasteiger partial charge < -0.3 is 4.74 Å². The van der Waals surface area contributed by atoms with E-state index in [0.717, 1.165) is 0 Å². The number of hydrogen-bond acceptors (Lipinski definition) is 3. The average molecular weight is 320 g/mol. The van der Waals surface area contributed by atoms with E-state index in [9.17, 15) is 14.0 Å². The van der Waals surface area contributed by atoms with Gasteiger partial charge in [0.05, 0.1) is 5.56 Å². The Morgan fingerprint density at radius 1 is 0.667 bits per heavy atom. The van der Waals surface area contributed by atoms with Gasteiger partial charge >= 0.3 is 5.97 Å². The molecule has 0 saturated carbocycles. The fraction of sp³-hybridized carbons (Fsp3) is 0. The van der Waals surface area contributed by atoms with Crippen molar-refractivity contribution < 1.29 is 18.7 Å². The molecular formula is C20H13FO3. The molecule has 0 aliphatic carbocycles. The Labute approximate surface area is 138 Å². The van der Waals surface area contributed by atoms with E-state index in [4.69, 9.17) is 4.74 Å². The van der Waals surface area contributed by atoms with Crippen LogP contribution in [0, 0.1) is 5.82 Å². The van der Waals surface area contributed by atoms with E-state index in [0.29, 0.717) is 16.9 Å². The summed E-state index contributed by atoms with van der Waals surface area (Å²) in [5.41, 5.74) is 1.34. The third-order valence-electron chi connectivity index (χ3n) is 3.44. The van der Waals surface area contributed by atoms with Gasteiger partial charge in [-0.2, -0.15) is 0 Å². The molecule has 0 aromatic heterocycles. The van der Waals surface area contributed by atoms with E-state index in [1.165, 1.54) is 24.3 Å². The molecule has 0 heterocycles. The van der Waals surface area contributed by atoms with Gasteiger partial charge in [-0.15, -0.1) is 0 Å². The summed E-state index contributed by atoms with van der Waals surface area (Å²) >= 11 is 0. The smallest absolute Gasteiger partial charge is 0.343 e. The van der Waals surface area contributed by atoms with Gasteiger partial charge in [-0.3, -0.25) is 4.79 Å². The lowest BCUT2D eigenvalue weighted by Crippen LogP contribution is -2.08. The van der Waals surface area contributed by atoms with Crippen LogP contribution in [-0.2, 0) is 0 Å². The van der Waals surface area contributed by atoms with Crippen LogP contribution in [0.2, 0.25) is 0 Å². The fourth-order valence-electron chi connectivity index (χ4n) is 2.18. The van der Waals surface area contributed by atoms with Crippen LogP contribution < -0.4 is 4.74 Å². The fourth-order valence-corrected chi connectivity index (χ4v) is 2.18. The maximum atomic E-state index is 12.9. The van der Waals surface area contributed by atoms with E-state index >= 15 is 0 Å². The van der Waals surface area contributed by atoms with Gasteiger partial charge in [-0.25, -0.2) is 9.18 Å². The number of benzene rings is 3. The van der Waals surface area contributed by atoms with Crippen LogP contribution in [0.3, 0.4) is 0 Å². The zero-order valence-corrected chi connectivity index (χ0v) is 12.6. The van der Waals surface area contributed by atoms with Crippen LogP contribution >= 0.6 is 0 Å². The normalized spacial score (nSPS) is 10.2. The summed E-state index contributed by atoms with van der Waals surface area (Å²) in [6.07, 6.45) is 0. The van der Waals surface area contributed by atoms with Crippen molar-refractivity contribution in [2.24, 2.45) is 0 Å². The Morgan fingerprint density at radius 3 is 1.83 bits per heavy atom. The first-order chi connectivity index (χ1) is 11.6. The Bertz CT molecular complexity index is 854. The molecule has 0 bridgehead atoms. The van der Waals surface area contributed by atoms with Gasteiger partial charge in [0, 0.05) is 11.1 Å². The van der Waals surface area contributed by atoms with Crippen molar-refractivity contribution >= 4 is 11.8 Å². The van der Waals surface area contributed by atoms with E-state index in [1.807, 2.05) is 6.07 Å². The molecule has 0 aliphatic heterocycles. The molecule has 0 radical (unpaired) electrons. The second-order valence-electron chi connectivity index (χ2n) is 5.12. The Balaban J connectivity index is 1.72. The molecule has 3 rings (SSSR count). The van der Waals surface area contributed by atoms with Crippen molar-refractivity contribution in [1.82, 2.24) is 0 Å². The SMILES string of the molecule is O=C(Oc1ccc(C(=O)c2ccccc2)cc1)c1ccc(F)cc1. The summed E-state index contributed by atoms with van der Waals surface area (Å²) in [4.78, 5) is 24.2. The molecule has 0 amide bonds. The van der Waals surface area contributed by atoms with E-state index < -0.39 is 11.8 Å². The van der Waals surface area contributed by atoms with Gasteiger partial charge in [0.25, 0.3) is 0 Å². The molecule has 0 fully saturated rings. The zero-order chi connectivity index (χ0) is 16.9. The molecule has 0 aliphatic rings. The molecule has 24 heavy (non-hydrogen) atoms. The largest absolute Gasteiger partial charge is 0.423 e. The molecule has 3 aromatic rings. The van der Waals surface area contributed by atoms with Crippen LogP contribution in [0.1, 0.15) is 26.3 Å². The lowest BCUT2D eigenvalue weighted by Gasteiger charge is -2.06. The second kappa shape index (κ2) is 6.87. The summed E-state index contributed by atoms with van der Waals surface area (Å²) in [6, 6.07) is 20.3. The van der Waals surface area contributed by atoms with Gasteiger partial charge in [0.2, 0.25) is 0 Å². The summed E-state index contributed by atoms with van der Waals surface area (Å²) < 4.78 is 18.1. The lowest BCUT2D eigenvalue weighted by atomic mass is 10.0. The van der Waals surface area contributed by atoms with Gasteiger partial charge in [0.1, 0.15) is 11.6 Å². The molecule has 118 valence electrons. The van der Waals surface area contributed by atoms with E-state index in [2.05, 4.69) is 0 Å². The third kappa shape index (κ3) is 3.55. The van der Waals surface area contributed by atoms with E-state index in [-0.39, 0.29) is 11.3 Å². The molecule has 0 saturated heterocycles. The standard InChI is InChI=1S/C20H13FO3/c21-17-10-6-16(7-11-17)20(23)24-18-12-8-15(9-13-18)19(22)14-4-2-1-3-5-14/h1-13H. The van der Waals surface area contributed by atoms with Crippen molar-refractivity contribution in [2.45, 2.75) is 0 Å². The van der Waals surface area contributed by atoms with Gasteiger partial charge in [-0.05, 0) is 48.5 Å². The molecule has 0 unspecified atom stereocenters. The van der Waals surface area contributed by atoms with E-state index in [1.54, 1.807) is 48.5 Å². The summed E-state index contributed by atoms with van der Waals surface area (Å²) in [6.45, 7) is 0. The van der Waals surface area contributed by atoms with Gasteiger partial charge in [-0.1, -0.05) is 30.3 Å². The lowest BCUT2D eigenvalue weighted by molar-refractivity contribution is 0.0734. The summed E-state index contributed by atoms with van der Waals surface area (Å²) in [5, 5.41) is 0. The van der Waals surface area contributed by atoms with Crippen LogP contribution in [0.5, 0.6) is 5.75 Å². The number of rotatable bonds is 4. The van der Waals surface area contributed by atoms with Crippen LogP contribution in [0.15, 0.2) is 78.9 Å². The van der Waals surface area contributed by atoms with Crippen molar-refractivity contribution in [1.29, 1.82) is 0 Å². The third-order valence-corrected chi connectivity index (χ3v) is 3.44.